The molecule has 0 aliphatic rings. The summed E-state index contributed by atoms with van der Waals surface area (Å²) in [6, 6.07) is 1.80. The second kappa shape index (κ2) is 2.49. The standard InChI is InChI=1S/C7H8NO/c1-6-3-4-8-5-7(6)9-2/h3-5H,1H2,2H3. The highest BCUT2D eigenvalue weighted by atomic mass is 16.5. The average molecular weight is 122 g/mol. The SMILES string of the molecule is [CH2]c1ccncc1OC. The predicted octanol–water partition coefficient (Wildman–Crippen LogP) is 1.27. The van der Waals surface area contributed by atoms with E-state index in [4.69, 9.17) is 4.74 Å². The number of nitrogens with zero attached hydrogens (tertiary/aromatic N) is 1. The van der Waals surface area contributed by atoms with E-state index in [1.165, 1.54) is 0 Å². The van der Waals surface area contributed by atoms with Gasteiger partial charge < -0.3 is 4.74 Å². The summed E-state index contributed by atoms with van der Waals surface area (Å²) in [5, 5.41) is 0. The lowest BCUT2D eigenvalue weighted by molar-refractivity contribution is 0.411. The molecule has 0 unspecified atom stereocenters. The summed E-state index contributed by atoms with van der Waals surface area (Å²) < 4.78 is 4.92. The Hall–Kier alpha value is -1.05. The zero-order chi connectivity index (χ0) is 6.69. The van der Waals surface area contributed by atoms with E-state index in [0.717, 1.165) is 11.3 Å². The molecule has 1 heterocycles. The van der Waals surface area contributed by atoms with Crippen LogP contribution in [0.2, 0.25) is 0 Å². The molecule has 2 heteroatoms. The van der Waals surface area contributed by atoms with Crippen LogP contribution in [0.15, 0.2) is 18.5 Å². The van der Waals surface area contributed by atoms with E-state index in [1.807, 2.05) is 0 Å². The van der Waals surface area contributed by atoms with E-state index < -0.39 is 0 Å². The van der Waals surface area contributed by atoms with Gasteiger partial charge in [0.2, 0.25) is 0 Å². The van der Waals surface area contributed by atoms with E-state index in [0.29, 0.717) is 0 Å². The predicted molar refractivity (Wildman–Crippen MR) is 35.2 cm³/mol. The second-order valence-electron chi connectivity index (χ2n) is 1.69. The first-order valence-corrected chi connectivity index (χ1v) is 2.64. The van der Waals surface area contributed by atoms with Crippen LogP contribution in [0.4, 0.5) is 0 Å². The number of pyridine rings is 1. The van der Waals surface area contributed by atoms with Crippen LogP contribution < -0.4 is 4.74 Å². The molecule has 1 rings (SSSR count). The van der Waals surface area contributed by atoms with Gasteiger partial charge in [0.25, 0.3) is 0 Å². The third-order valence-corrected chi connectivity index (χ3v) is 1.09. The zero-order valence-corrected chi connectivity index (χ0v) is 5.29. The van der Waals surface area contributed by atoms with Gasteiger partial charge in [-0.05, 0) is 18.6 Å². The van der Waals surface area contributed by atoms with Crippen molar-refractivity contribution in [1.29, 1.82) is 0 Å². The Morgan fingerprint density at radius 1 is 1.67 bits per heavy atom. The van der Waals surface area contributed by atoms with Gasteiger partial charge in [0.05, 0.1) is 13.3 Å². The van der Waals surface area contributed by atoms with E-state index in [2.05, 4.69) is 11.9 Å². The fourth-order valence-corrected chi connectivity index (χ4v) is 0.593. The van der Waals surface area contributed by atoms with Crippen LogP contribution in [0, 0.1) is 6.92 Å². The number of aromatic nitrogens is 1. The number of methoxy groups -OCH3 is 1. The molecule has 0 N–H and O–H groups in total. The minimum Gasteiger partial charge on any atom is -0.495 e. The Kier molecular flexibility index (Phi) is 1.68. The molecule has 0 aromatic carbocycles. The molecule has 9 heavy (non-hydrogen) atoms. The minimum atomic E-state index is 0.734. The van der Waals surface area contributed by atoms with E-state index >= 15 is 0 Å². The van der Waals surface area contributed by atoms with Gasteiger partial charge in [0.15, 0.2) is 0 Å². The summed E-state index contributed by atoms with van der Waals surface area (Å²) in [6.45, 7) is 3.73. The molecule has 0 bridgehead atoms. The Balaban J connectivity index is 3.01. The first-order chi connectivity index (χ1) is 4.34. The van der Waals surface area contributed by atoms with Crippen LogP contribution in [0.1, 0.15) is 5.56 Å². The first kappa shape index (κ1) is 6.08. The maximum Gasteiger partial charge on any atom is 0.140 e. The third-order valence-electron chi connectivity index (χ3n) is 1.09. The van der Waals surface area contributed by atoms with Crippen LogP contribution in [0.5, 0.6) is 5.75 Å². The zero-order valence-electron chi connectivity index (χ0n) is 5.29. The highest BCUT2D eigenvalue weighted by Gasteiger charge is 1.92. The van der Waals surface area contributed by atoms with Gasteiger partial charge in [0.1, 0.15) is 5.75 Å². The highest BCUT2D eigenvalue weighted by Crippen LogP contribution is 2.12. The van der Waals surface area contributed by atoms with Crippen molar-refractivity contribution in [1.82, 2.24) is 4.98 Å². The summed E-state index contributed by atoms with van der Waals surface area (Å²) in [5.41, 5.74) is 0.868. The van der Waals surface area contributed by atoms with Gasteiger partial charge >= 0.3 is 0 Å². The molecular weight excluding hydrogens is 114 g/mol. The molecule has 1 radical (unpaired) electrons. The maximum absolute atomic E-state index is 4.92. The van der Waals surface area contributed by atoms with Crippen molar-refractivity contribution in [3.8, 4) is 5.75 Å². The molecule has 0 saturated heterocycles. The van der Waals surface area contributed by atoms with Crippen molar-refractivity contribution >= 4 is 0 Å². The average Bonchev–Trinajstić information content (AvgIpc) is 1.89. The highest BCUT2D eigenvalue weighted by molar-refractivity contribution is 5.31. The normalized spacial score (nSPS) is 9.11. The lowest BCUT2D eigenvalue weighted by Crippen LogP contribution is -1.86. The van der Waals surface area contributed by atoms with E-state index in [9.17, 15) is 0 Å². The van der Waals surface area contributed by atoms with Gasteiger partial charge in [-0.15, -0.1) is 0 Å². The van der Waals surface area contributed by atoms with Crippen molar-refractivity contribution in [2.45, 2.75) is 0 Å². The molecule has 0 spiro atoms. The number of ether oxygens (including phenoxy) is 1. The molecule has 2 nitrogen and oxygen atoms in total. The van der Waals surface area contributed by atoms with Crippen molar-refractivity contribution in [2.75, 3.05) is 7.11 Å². The number of hydrogen-bond acceptors (Lipinski definition) is 2. The summed E-state index contributed by atoms with van der Waals surface area (Å²) in [5.74, 6) is 0.734. The first-order valence-electron chi connectivity index (χ1n) is 2.64. The molecule has 0 amide bonds. The van der Waals surface area contributed by atoms with E-state index in [-0.39, 0.29) is 0 Å². The van der Waals surface area contributed by atoms with Crippen molar-refractivity contribution in [3.63, 3.8) is 0 Å². The largest absolute Gasteiger partial charge is 0.495 e. The Bertz CT molecular complexity index is 198. The van der Waals surface area contributed by atoms with Crippen LogP contribution >= 0.6 is 0 Å². The lowest BCUT2D eigenvalue weighted by Gasteiger charge is -1.99. The molecule has 0 fully saturated rings. The van der Waals surface area contributed by atoms with Crippen LogP contribution in [0.25, 0.3) is 0 Å². The number of rotatable bonds is 1. The molecule has 0 atom stereocenters. The molecule has 47 valence electrons. The van der Waals surface area contributed by atoms with Gasteiger partial charge in [-0.1, -0.05) is 0 Å². The van der Waals surface area contributed by atoms with Crippen LogP contribution in [-0.4, -0.2) is 12.1 Å². The van der Waals surface area contributed by atoms with Gasteiger partial charge in [-0.25, -0.2) is 0 Å². The summed E-state index contributed by atoms with van der Waals surface area (Å²) >= 11 is 0. The molecule has 0 aliphatic heterocycles. The lowest BCUT2D eigenvalue weighted by atomic mass is 10.3. The van der Waals surface area contributed by atoms with Crippen molar-refractivity contribution in [2.24, 2.45) is 0 Å². The minimum absolute atomic E-state index is 0.734. The topological polar surface area (TPSA) is 22.1 Å². The van der Waals surface area contributed by atoms with Gasteiger partial charge in [-0.2, -0.15) is 0 Å². The quantitative estimate of drug-likeness (QED) is 0.559. The van der Waals surface area contributed by atoms with Crippen LogP contribution in [0.3, 0.4) is 0 Å². The Morgan fingerprint density at radius 2 is 2.44 bits per heavy atom. The molecular formula is C7H8NO. The van der Waals surface area contributed by atoms with Gasteiger partial charge in [-0.3, -0.25) is 4.98 Å². The summed E-state index contributed by atoms with van der Waals surface area (Å²) in [4.78, 5) is 3.85. The summed E-state index contributed by atoms with van der Waals surface area (Å²) in [6.07, 6.45) is 3.33. The molecule has 0 saturated carbocycles. The summed E-state index contributed by atoms with van der Waals surface area (Å²) in [7, 11) is 1.60. The maximum atomic E-state index is 4.92. The Labute approximate surface area is 54.5 Å². The molecule has 1 aromatic rings. The fourth-order valence-electron chi connectivity index (χ4n) is 0.593. The van der Waals surface area contributed by atoms with Crippen LogP contribution in [-0.2, 0) is 0 Å². The molecule has 1 aromatic heterocycles. The van der Waals surface area contributed by atoms with Crippen molar-refractivity contribution < 1.29 is 4.74 Å². The van der Waals surface area contributed by atoms with Gasteiger partial charge in [0, 0.05) is 6.20 Å². The van der Waals surface area contributed by atoms with E-state index in [1.54, 1.807) is 25.6 Å². The third kappa shape index (κ3) is 1.19. The molecule has 0 aliphatic carbocycles. The second-order valence-corrected chi connectivity index (χ2v) is 1.69. The Morgan fingerprint density at radius 3 is 2.89 bits per heavy atom. The smallest absolute Gasteiger partial charge is 0.140 e. The monoisotopic (exact) mass is 122 g/mol. The fraction of sp³-hybridized carbons (Fsp3) is 0.143. The number of hydrogen-bond donors (Lipinski definition) is 0. The van der Waals surface area contributed by atoms with Crippen molar-refractivity contribution in [3.05, 3.63) is 30.9 Å².